The number of fused-ring (bicyclic) bond motifs is 3. The van der Waals surface area contributed by atoms with E-state index in [1.165, 1.54) is 6.39 Å². The largest absolute Gasteiger partial charge is 0.442 e. The minimum atomic E-state index is 0.451. The number of benzene rings is 1. The molecule has 6 nitrogen and oxygen atoms in total. The fourth-order valence-electron chi connectivity index (χ4n) is 3.44. The second-order valence-corrected chi connectivity index (χ2v) is 6.54. The lowest BCUT2D eigenvalue weighted by Crippen LogP contribution is -2.09. The van der Waals surface area contributed by atoms with Gasteiger partial charge in [-0.25, -0.2) is 9.97 Å². The monoisotopic (exact) mass is 379 g/mol. The van der Waals surface area contributed by atoms with E-state index >= 15 is 0 Å². The van der Waals surface area contributed by atoms with Gasteiger partial charge in [-0.3, -0.25) is 14.5 Å². The molecule has 0 amide bonds. The zero-order valence-corrected chi connectivity index (χ0v) is 15.8. The van der Waals surface area contributed by atoms with E-state index in [1.807, 2.05) is 31.2 Å². The molecule has 1 aliphatic heterocycles. The smallest absolute Gasteiger partial charge is 0.181 e. The van der Waals surface area contributed by atoms with Gasteiger partial charge in [-0.2, -0.15) is 0 Å². The summed E-state index contributed by atoms with van der Waals surface area (Å²) in [4.78, 5) is 18.0. The van der Waals surface area contributed by atoms with Crippen molar-refractivity contribution in [2.24, 2.45) is 4.99 Å². The highest BCUT2D eigenvalue weighted by Gasteiger charge is 2.24. The van der Waals surface area contributed by atoms with Crippen LogP contribution in [0.1, 0.15) is 35.9 Å². The predicted octanol–water partition coefficient (Wildman–Crippen LogP) is 4.03. The van der Waals surface area contributed by atoms with E-state index in [4.69, 9.17) is 9.41 Å². The number of hydrogen-bond acceptors (Lipinski definition) is 5. The zero-order valence-electron chi connectivity index (χ0n) is 15.8. The molecule has 4 aromatic rings. The van der Waals surface area contributed by atoms with Gasteiger partial charge < -0.3 is 4.42 Å². The molecule has 0 atom stereocenters. The molecule has 29 heavy (non-hydrogen) atoms. The normalized spacial score (nSPS) is 12.2. The SMILES string of the molecule is CCC#Cc1ccc2c(c1)C(c1ccccn1)=NCc1c(-c3cnco3)ncn1-2. The highest BCUT2D eigenvalue weighted by Crippen LogP contribution is 2.30. The van der Waals surface area contributed by atoms with Crippen LogP contribution in [-0.2, 0) is 6.54 Å². The van der Waals surface area contributed by atoms with Crippen LogP contribution in [0.25, 0.3) is 17.1 Å². The molecule has 6 heteroatoms. The Morgan fingerprint density at radius 3 is 2.93 bits per heavy atom. The lowest BCUT2D eigenvalue weighted by Gasteiger charge is -2.12. The molecule has 5 rings (SSSR count). The quantitative estimate of drug-likeness (QED) is 0.493. The minimum Gasteiger partial charge on any atom is -0.442 e. The van der Waals surface area contributed by atoms with Crippen LogP contribution < -0.4 is 0 Å². The molecule has 0 saturated carbocycles. The first-order chi connectivity index (χ1) is 14.3. The number of pyridine rings is 1. The average Bonchev–Trinajstić information content (AvgIpc) is 3.40. The summed E-state index contributed by atoms with van der Waals surface area (Å²) in [5.41, 5.74) is 6.28. The summed E-state index contributed by atoms with van der Waals surface area (Å²) in [6.45, 7) is 2.49. The average molecular weight is 379 g/mol. The minimum absolute atomic E-state index is 0.451. The van der Waals surface area contributed by atoms with Crippen LogP contribution in [-0.4, -0.2) is 25.2 Å². The molecule has 1 aliphatic rings. The van der Waals surface area contributed by atoms with Crippen molar-refractivity contribution in [3.63, 3.8) is 0 Å². The van der Waals surface area contributed by atoms with Gasteiger partial charge >= 0.3 is 0 Å². The molecular formula is C23H17N5O. The van der Waals surface area contributed by atoms with Crippen LogP contribution in [0.2, 0.25) is 0 Å². The first-order valence-corrected chi connectivity index (χ1v) is 9.39. The summed E-state index contributed by atoms with van der Waals surface area (Å²) in [5.74, 6) is 6.98. The number of oxazole rings is 1. The Kier molecular flexibility index (Phi) is 4.26. The van der Waals surface area contributed by atoms with Gasteiger partial charge in [-0.05, 0) is 30.3 Å². The number of aliphatic imine (C=N–C) groups is 1. The topological polar surface area (TPSA) is 69.1 Å². The van der Waals surface area contributed by atoms with Crippen LogP contribution in [0, 0.1) is 11.8 Å². The third kappa shape index (κ3) is 3.03. The third-order valence-corrected chi connectivity index (χ3v) is 4.75. The molecule has 0 bridgehead atoms. The molecule has 0 aliphatic carbocycles. The van der Waals surface area contributed by atoms with E-state index in [9.17, 15) is 0 Å². The molecule has 0 N–H and O–H groups in total. The van der Waals surface area contributed by atoms with Gasteiger partial charge in [0.1, 0.15) is 12.0 Å². The van der Waals surface area contributed by atoms with Crippen molar-refractivity contribution in [2.75, 3.05) is 0 Å². The van der Waals surface area contributed by atoms with Gasteiger partial charge in [0.2, 0.25) is 0 Å². The molecule has 1 aromatic carbocycles. The van der Waals surface area contributed by atoms with Gasteiger partial charge in [0.05, 0.1) is 35.5 Å². The van der Waals surface area contributed by atoms with Crippen molar-refractivity contribution in [1.29, 1.82) is 0 Å². The number of rotatable bonds is 2. The Morgan fingerprint density at radius 2 is 2.14 bits per heavy atom. The number of hydrogen-bond donors (Lipinski definition) is 0. The van der Waals surface area contributed by atoms with E-state index in [0.29, 0.717) is 12.3 Å². The first-order valence-electron chi connectivity index (χ1n) is 9.39. The van der Waals surface area contributed by atoms with Gasteiger partial charge in [-0.15, -0.1) is 0 Å². The summed E-state index contributed by atoms with van der Waals surface area (Å²) in [6, 6.07) is 12.0. The number of aromatic nitrogens is 4. The number of imidazole rings is 1. The van der Waals surface area contributed by atoms with Crippen molar-refractivity contribution in [1.82, 2.24) is 19.5 Å². The van der Waals surface area contributed by atoms with Crippen LogP contribution >= 0.6 is 0 Å². The Hall–Kier alpha value is -3.98. The molecule has 0 unspecified atom stereocenters. The lowest BCUT2D eigenvalue weighted by molar-refractivity contribution is 0.569. The molecule has 3 aromatic heterocycles. The first kappa shape index (κ1) is 17.1. The van der Waals surface area contributed by atoms with Crippen LogP contribution in [0.3, 0.4) is 0 Å². The second kappa shape index (κ2) is 7.21. The fourth-order valence-corrected chi connectivity index (χ4v) is 3.44. The van der Waals surface area contributed by atoms with Crippen molar-refractivity contribution < 1.29 is 4.42 Å². The Labute approximate surface area is 168 Å². The van der Waals surface area contributed by atoms with Gasteiger partial charge in [-0.1, -0.05) is 24.8 Å². The fraction of sp³-hybridized carbons (Fsp3) is 0.130. The molecule has 0 fully saturated rings. The summed E-state index contributed by atoms with van der Waals surface area (Å²) >= 11 is 0. The maximum Gasteiger partial charge on any atom is 0.181 e. The molecule has 4 heterocycles. The van der Waals surface area contributed by atoms with E-state index in [0.717, 1.165) is 46.0 Å². The Bertz CT molecular complexity index is 1260. The summed E-state index contributed by atoms with van der Waals surface area (Å²) in [6.07, 6.45) is 7.48. The maximum atomic E-state index is 5.48. The van der Waals surface area contributed by atoms with Crippen molar-refractivity contribution in [3.05, 3.63) is 84.0 Å². The maximum absolute atomic E-state index is 5.48. The van der Waals surface area contributed by atoms with Crippen LogP contribution in [0.5, 0.6) is 0 Å². The summed E-state index contributed by atoms with van der Waals surface area (Å²) in [5, 5.41) is 0. The van der Waals surface area contributed by atoms with Crippen molar-refractivity contribution >= 4 is 5.71 Å². The molecule has 0 saturated heterocycles. The van der Waals surface area contributed by atoms with Gasteiger partial charge in [0.15, 0.2) is 12.2 Å². The van der Waals surface area contributed by atoms with Crippen molar-refractivity contribution in [2.45, 2.75) is 19.9 Å². The molecule has 0 spiro atoms. The van der Waals surface area contributed by atoms with Gasteiger partial charge in [0, 0.05) is 23.7 Å². The zero-order chi connectivity index (χ0) is 19.6. The second-order valence-electron chi connectivity index (χ2n) is 6.54. The lowest BCUT2D eigenvalue weighted by atomic mass is 10.0. The Morgan fingerprint density at radius 1 is 1.17 bits per heavy atom. The summed E-state index contributed by atoms with van der Waals surface area (Å²) in [7, 11) is 0. The standard InChI is InChI=1S/C23H17N5O/c1-2-3-6-16-8-9-19-17(11-16)22(18-7-4-5-10-25-18)26-12-20-23(27-14-28(19)20)21-13-24-15-29-21/h4-5,7-11,13-15H,2,12H2,1H3. The number of nitrogens with zero attached hydrogens (tertiary/aromatic N) is 5. The highest BCUT2D eigenvalue weighted by atomic mass is 16.3. The van der Waals surface area contributed by atoms with Crippen LogP contribution in [0.15, 0.2) is 70.9 Å². The van der Waals surface area contributed by atoms with E-state index < -0.39 is 0 Å². The van der Waals surface area contributed by atoms with Gasteiger partial charge in [0.25, 0.3) is 0 Å². The predicted molar refractivity (Wildman–Crippen MR) is 110 cm³/mol. The molecule has 140 valence electrons. The van der Waals surface area contributed by atoms with Crippen LogP contribution in [0.4, 0.5) is 0 Å². The summed E-state index contributed by atoms with van der Waals surface area (Å²) < 4.78 is 7.54. The highest BCUT2D eigenvalue weighted by molar-refractivity contribution is 6.14. The van der Waals surface area contributed by atoms with E-state index in [1.54, 1.807) is 18.7 Å². The van der Waals surface area contributed by atoms with E-state index in [2.05, 4.69) is 43.5 Å². The molecular weight excluding hydrogens is 362 g/mol. The van der Waals surface area contributed by atoms with Crippen molar-refractivity contribution in [3.8, 4) is 29.0 Å². The Balaban J connectivity index is 1.74. The van der Waals surface area contributed by atoms with E-state index in [-0.39, 0.29) is 0 Å². The molecule has 0 radical (unpaired) electrons. The third-order valence-electron chi connectivity index (χ3n) is 4.75.